The zero-order valence-corrected chi connectivity index (χ0v) is 10.7. The van der Waals surface area contributed by atoms with Crippen LogP contribution < -0.4 is 5.32 Å². The van der Waals surface area contributed by atoms with E-state index in [9.17, 15) is 0 Å². The average Bonchev–Trinajstić information content (AvgIpc) is 2.69. The number of fused-ring (bicyclic) bond motifs is 1. The molecule has 1 N–H and O–H groups in total. The number of nitrogens with one attached hydrogen (secondary N) is 1. The van der Waals surface area contributed by atoms with Gasteiger partial charge in [0.25, 0.3) is 0 Å². The summed E-state index contributed by atoms with van der Waals surface area (Å²) in [7, 11) is 0. The van der Waals surface area contributed by atoms with Crippen molar-refractivity contribution >= 4 is 17.2 Å². The van der Waals surface area contributed by atoms with E-state index in [0.29, 0.717) is 6.04 Å². The second-order valence-corrected chi connectivity index (χ2v) is 5.01. The van der Waals surface area contributed by atoms with Crippen LogP contribution in [0.5, 0.6) is 0 Å². The van der Waals surface area contributed by atoms with Crippen molar-refractivity contribution in [1.82, 2.24) is 14.7 Å². The normalized spacial score (nSPS) is 20.9. The number of piperidine rings is 1. The van der Waals surface area contributed by atoms with Crippen molar-refractivity contribution in [3.8, 4) is 0 Å². The van der Waals surface area contributed by atoms with E-state index in [1.165, 1.54) is 19.3 Å². The van der Waals surface area contributed by atoms with Crippen LogP contribution in [-0.2, 0) is 0 Å². The summed E-state index contributed by atoms with van der Waals surface area (Å²) in [4.78, 5) is 4.71. The summed E-state index contributed by atoms with van der Waals surface area (Å²) in [5.74, 6) is 0. The molecule has 0 amide bonds. The fraction of sp³-hybridized carbons (Fsp3) is 0.462. The van der Waals surface area contributed by atoms with E-state index in [1.807, 2.05) is 22.6 Å². The minimum atomic E-state index is 0.389. The van der Waals surface area contributed by atoms with Gasteiger partial charge in [0.1, 0.15) is 10.8 Å². The summed E-state index contributed by atoms with van der Waals surface area (Å²) < 4.78 is 2.02. The van der Waals surface area contributed by atoms with Crippen molar-refractivity contribution in [2.24, 2.45) is 0 Å². The van der Waals surface area contributed by atoms with Crippen LogP contribution in [-0.4, -0.2) is 15.9 Å². The van der Waals surface area contributed by atoms with Crippen LogP contribution in [0.4, 0.5) is 0 Å². The lowest BCUT2D eigenvalue weighted by Gasteiger charge is -2.22. The third-order valence-corrected chi connectivity index (χ3v) is 3.80. The Kier molecular flexibility index (Phi) is 2.81. The van der Waals surface area contributed by atoms with Crippen LogP contribution in [0.3, 0.4) is 0 Å². The smallest absolute Gasteiger partial charge is 0.138 e. The summed E-state index contributed by atoms with van der Waals surface area (Å²) in [6.07, 6.45) is 3.71. The molecule has 0 saturated carbocycles. The third kappa shape index (κ3) is 1.83. The van der Waals surface area contributed by atoms with Gasteiger partial charge in [-0.3, -0.25) is 4.40 Å². The van der Waals surface area contributed by atoms with Crippen molar-refractivity contribution in [1.29, 1.82) is 0 Å². The van der Waals surface area contributed by atoms with Crippen molar-refractivity contribution in [2.75, 3.05) is 6.54 Å². The molecule has 17 heavy (non-hydrogen) atoms. The summed E-state index contributed by atoms with van der Waals surface area (Å²) in [5, 5.41) is 4.27. The molecule has 1 aliphatic heterocycles. The molecule has 0 bridgehead atoms. The second-order valence-electron chi connectivity index (χ2n) is 4.63. The number of hydrogen-bond acceptors (Lipinski definition) is 2. The van der Waals surface area contributed by atoms with E-state index in [2.05, 4.69) is 12.2 Å². The molecule has 0 aromatic carbocycles. The minimum Gasteiger partial charge on any atom is -0.309 e. The van der Waals surface area contributed by atoms with Gasteiger partial charge in [0.15, 0.2) is 0 Å². The van der Waals surface area contributed by atoms with Gasteiger partial charge in [-0.05, 0) is 38.4 Å². The predicted octanol–water partition coefficient (Wildman–Crippen LogP) is 3.11. The monoisotopic (exact) mass is 249 g/mol. The van der Waals surface area contributed by atoms with Crippen LogP contribution in [0.2, 0.25) is 5.15 Å². The number of rotatable bonds is 1. The Morgan fingerprint density at radius 2 is 2.29 bits per heavy atom. The Hall–Kier alpha value is -1.06. The number of aryl methyl sites for hydroxylation is 1. The van der Waals surface area contributed by atoms with Crippen LogP contribution in [0.25, 0.3) is 5.65 Å². The van der Waals surface area contributed by atoms with Crippen molar-refractivity contribution < 1.29 is 0 Å². The van der Waals surface area contributed by atoms with Crippen LogP contribution >= 0.6 is 11.6 Å². The van der Waals surface area contributed by atoms with Gasteiger partial charge in [0.05, 0.1) is 11.7 Å². The van der Waals surface area contributed by atoms with Gasteiger partial charge in [0, 0.05) is 5.69 Å². The van der Waals surface area contributed by atoms with Gasteiger partial charge >= 0.3 is 0 Å². The lowest BCUT2D eigenvalue weighted by atomic mass is 10.0. The lowest BCUT2D eigenvalue weighted by molar-refractivity contribution is 0.405. The molecule has 1 saturated heterocycles. The van der Waals surface area contributed by atoms with Crippen molar-refractivity contribution in [3.63, 3.8) is 0 Å². The van der Waals surface area contributed by atoms with E-state index in [0.717, 1.165) is 28.7 Å². The molecular weight excluding hydrogens is 234 g/mol. The third-order valence-electron chi connectivity index (χ3n) is 3.50. The van der Waals surface area contributed by atoms with Gasteiger partial charge in [0.2, 0.25) is 0 Å². The number of hydrogen-bond donors (Lipinski definition) is 1. The van der Waals surface area contributed by atoms with E-state index in [1.54, 1.807) is 0 Å². The summed E-state index contributed by atoms with van der Waals surface area (Å²) in [5.41, 5.74) is 3.25. The highest BCUT2D eigenvalue weighted by molar-refractivity contribution is 6.29. The number of imidazole rings is 1. The van der Waals surface area contributed by atoms with Crippen LogP contribution in [0.15, 0.2) is 18.2 Å². The van der Waals surface area contributed by atoms with Gasteiger partial charge in [-0.15, -0.1) is 0 Å². The molecule has 1 aliphatic rings. The molecule has 90 valence electrons. The Morgan fingerprint density at radius 3 is 3.00 bits per heavy atom. The SMILES string of the molecule is Cc1c(C2CCCCN2)nc2cccc(Cl)n12. The maximum absolute atomic E-state index is 6.22. The van der Waals surface area contributed by atoms with Crippen molar-refractivity contribution in [2.45, 2.75) is 32.2 Å². The Morgan fingerprint density at radius 1 is 1.41 bits per heavy atom. The molecule has 2 aromatic heterocycles. The molecule has 4 heteroatoms. The summed E-state index contributed by atoms with van der Waals surface area (Å²) in [6.45, 7) is 3.18. The minimum absolute atomic E-state index is 0.389. The molecule has 2 aromatic rings. The number of halogens is 1. The molecule has 0 spiro atoms. The quantitative estimate of drug-likeness (QED) is 0.787. The molecule has 3 rings (SSSR count). The number of aromatic nitrogens is 2. The first-order valence-electron chi connectivity index (χ1n) is 6.14. The largest absolute Gasteiger partial charge is 0.309 e. The van der Waals surface area contributed by atoms with E-state index >= 15 is 0 Å². The van der Waals surface area contributed by atoms with E-state index in [4.69, 9.17) is 16.6 Å². The summed E-state index contributed by atoms with van der Waals surface area (Å²) >= 11 is 6.22. The van der Waals surface area contributed by atoms with Gasteiger partial charge in [-0.25, -0.2) is 4.98 Å². The molecular formula is C13H16ClN3. The second kappa shape index (κ2) is 4.31. The fourth-order valence-electron chi connectivity index (χ4n) is 2.63. The number of nitrogens with zero attached hydrogens (tertiary/aromatic N) is 2. The first-order chi connectivity index (χ1) is 8.27. The van der Waals surface area contributed by atoms with E-state index < -0.39 is 0 Å². The highest BCUT2D eigenvalue weighted by Gasteiger charge is 2.21. The highest BCUT2D eigenvalue weighted by atomic mass is 35.5. The Balaban J connectivity index is 2.10. The van der Waals surface area contributed by atoms with Crippen LogP contribution in [0.1, 0.15) is 36.7 Å². The number of pyridine rings is 1. The maximum atomic E-state index is 6.22. The van der Waals surface area contributed by atoms with Gasteiger partial charge in [-0.1, -0.05) is 24.1 Å². The average molecular weight is 250 g/mol. The lowest BCUT2D eigenvalue weighted by Crippen LogP contribution is -2.27. The first-order valence-corrected chi connectivity index (χ1v) is 6.52. The fourth-order valence-corrected chi connectivity index (χ4v) is 2.91. The topological polar surface area (TPSA) is 29.3 Å². The summed E-state index contributed by atoms with van der Waals surface area (Å²) in [6, 6.07) is 6.24. The van der Waals surface area contributed by atoms with Crippen LogP contribution in [0, 0.1) is 6.92 Å². The van der Waals surface area contributed by atoms with Crippen molar-refractivity contribution in [3.05, 3.63) is 34.7 Å². The molecule has 0 aliphatic carbocycles. The van der Waals surface area contributed by atoms with E-state index in [-0.39, 0.29) is 0 Å². The molecule has 1 atom stereocenters. The molecule has 3 heterocycles. The standard InChI is InChI=1S/C13H16ClN3/c1-9-13(10-5-2-3-8-15-10)16-12-7-4-6-11(14)17(9)12/h4,6-7,10,15H,2-3,5,8H2,1H3. The zero-order valence-electron chi connectivity index (χ0n) is 9.91. The molecule has 1 fully saturated rings. The van der Waals surface area contributed by atoms with Gasteiger partial charge in [-0.2, -0.15) is 0 Å². The molecule has 0 radical (unpaired) electrons. The zero-order chi connectivity index (χ0) is 11.8. The Bertz CT molecular complexity index is 541. The predicted molar refractivity (Wildman–Crippen MR) is 69.5 cm³/mol. The molecule has 3 nitrogen and oxygen atoms in total. The molecule has 1 unspecified atom stereocenters. The van der Waals surface area contributed by atoms with Gasteiger partial charge < -0.3 is 5.32 Å². The highest BCUT2D eigenvalue weighted by Crippen LogP contribution is 2.27. The first kappa shape index (κ1) is 11.1. The maximum Gasteiger partial charge on any atom is 0.138 e. The Labute approximate surface area is 106 Å².